The Kier molecular flexibility index (Phi) is 5.08. The lowest BCUT2D eigenvalue weighted by atomic mass is 10.1. The SMILES string of the molecule is Cc1nc2n(c(=O)c1C)C(CC(=O)NCCC(C)C)CS2. The summed E-state index contributed by atoms with van der Waals surface area (Å²) >= 11 is 1.56. The second kappa shape index (κ2) is 6.64. The van der Waals surface area contributed by atoms with E-state index in [2.05, 4.69) is 24.1 Å². The van der Waals surface area contributed by atoms with Crippen LogP contribution in [-0.4, -0.2) is 27.8 Å². The molecule has 1 aliphatic rings. The third kappa shape index (κ3) is 3.67. The lowest BCUT2D eigenvalue weighted by molar-refractivity contribution is -0.121. The van der Waals surface area contributed by atoms with Gasteiger partial charge in [-0.2, -0.15) is 0 Å². The number of hydrogen-bond donors (Lipinski definition) is 1. The van der Waals surface area contributed by atoms with E-state index in [-0.39, 0.29) is 17.5 Å². The van der Waals surface area contributed by atoms with E-state index in [0.717, 1.165) is 23.0 Å². The number of nitrogens with one attached hydrogen (secondary N) is 1. The fraction of sp³-hybridized carbons (Fsp3) is 0.667. The second-order valence-electron chi connectivity index (χ2n) is 5.98. The molecule has 116 valence electrons. The number of hydrogen-bond acceptors (Lipinski definition) is 4. The Morgan fingerprint density at radius 1 is 1.48 bits per heavy atom. The van der Waals surface area contributed by atoms with E-state index in [9.17, 15) is 9.59 Å². The van der Waals surface area contributed by atoms with E-state index in [1.165, 1.54) is 0 Å². The highest BCUT2D eigenvalue weighted by Crippen LogP contribution is 2.32. The van der Waals surface area contributed by atoms with Crippen molar-refractivity contribution in [3.8, 4) is 0 Å². The maximum absolute atomic E-state index is 12.4. The number of rotatable bonds is 5. The second-order valence-corrected chi connectivity index (χ2v) is 6.97. The lowest BCUT2D eigenvalue weighted by Gasteiger charge is -2.14. The van der Waals surface area contributed by atoms with Crippen LogP contribution in [0.25, 0.3) is 0 Å². The Bertz CT molecular complexity index is 595. The lowest BCUT2D eigenvalue weighted by Crippen LogP contribution is -2.32. The summed E-state index contributed by atoms with van der Waals surface area (Å²) in [6.45, 7) is 8.60. The maximum Gasteiger partial charge on any atom is 0.257 e. The van der Waals surface area contributed by atoms with E-state index >= 15 is 0 Å². The number of nitrogens with zero attached hydrogens (tertiary/aromatic N) is 2. The molecule has 1 aromatic rings. The zero-order valence-corrected chi connectivity index (χ0v) is 13.9. The quantitative estimate of drug-likeness (QED) is 0.846. The van der Waals surface area contributed by atoms with E-state index in [1.807, 2.05) is 6.92 Å². The first-order valence-corrected chi connectivity index (χ1v) is 8.38. The summed E-state index contributed by atoms with van der Waals surface area (Å²) in [7, 11) is 0. The summed E-state index contributed by atoms with van der Waals surface area (Å²) in [5, 5.41) is 3.67. The highest BCUT2D eigenvalue weighted by atomic mass is 32.2. The van der Waals surface area contributed by atoms with Gasteiger partial charge in [0.15, 0.2) is 5.16 Å². The van der Waals surface area contributed by atoms with Gasteiger partial charge in [-0.3, -0.25) is 14.2 Å². The van der Waals surface area contributed by atoms with Crippen molar-refractivity contribution in [2.45, 2.75) is 51.7 Å². The monoisotopic (exact) mass is 309 g/mol. The number of amides is 1. The van der Waals surface area contributed by atoms with Crippen molar-refractivity contribution in [2.24, 2.45) is 5.92 Å². The minimum absolute atomic E-state index is 0.0116. The van der Waals surface area contributed by atoms with Gasteiger partial charge < -0.3 is 5.32 Å². The number of fused-ring (bicyclic) bond motifs is 1. The predicted octanol–water partition coefficient (Wildman–Crippen LogP) is 2.06. The summed E-state index contributed by atoms with van der Waals surface area (Å²) in [6, 6.07) is -0.0802. The number of aryl methyl sites for hydroxylation is 1. The molecule has 21 heavy (non-hydrogen) atoms. The molecule has 0 saturated heterocycles. The zero-order valence-electron chi connectivity index (χ0n) is 13.1. The molecule has 1 unspecified atom stereocenters. The Hall–Kier alpha value is -1.30. The fourth-order valence-electron chi connectivity index (χ4n) is 2.31. The van der Waals surface area contributed by atoms with Gasteiger partial charge in [0, 0.05) is 30.0 Å². The van der Waals surface area contributed by atoms with E-state index in [4.69, 9.17) is 0 Å². The minimum Gasteiger partial charge on any atom is -0.356 e. The molecule has 1 aromatic heterocycles. The number of thioether (sulfide) groups is 1. The number of carbonyl (C=O) groups is 1. The van der Waals surface area contributed by atoms with Gasteiger partial charge in [0.25, 0.3) is 5.56 Å². The van der Waals surface area contributed by atoms with Gasteiger partial charge in [0.2, 0.25) is 5.91 Å². The third-order valence-electron chi connectivity index (χ3n) is 3.79. The normalized spacial score (nSPS) is 17.1. The Balaban J connectivity index is 2.04. The van der Waals surface area contributed by atoms with E-state index in [1.54, 1.807) is 23.3 Å². The topological polar surface area (TPSA) is 64.0 Å². The fourth-order valence-corrected chi connectivity index (χ4v) is 3.49. The van der Waals surface area contributed by atoms with Crippen molar-refractivity contribution in [3.63, 3.8) is 0 Å². The largest absolute Gasteiger partial charge is 0.356 e. The summed E-state index contributed by atoms with van der Waals surface area (Å²) in [5.41, 5.74) is 1.44. The van der Waals surface area contributed by atoms with Crippen molar-refractivity contribution in [1.82, 2.24) is 14.9 Å². The van der Waals surface area contributed by atoms with Crippen LogP contribution in [0.5, 0.6) is 0 Å². The Labute approximate surface area is 129 Å². The number of aromatic nitrogens is 2. The summed E-state index contributed by atoms with van der Waals surface area (Å²) in [6.07, 6.45) is 1.32. The standard InChI is InChI=1S/C15H23N3O2S/c1-9(2)5-6-16-13(19)7-12-8-21-15-17-11(4)10(3)14(20)18(12)15/h9,12H,5-8H2,1-4H3,(H,16,19). The van der Waals surface area contributed by atoms with Crippen LogP contribution in [0.4, 0.5) is 0 Å². The summed E-state index contributed by atoms with van der Waals surface area (Å²) < 4.78 is 1.69. The molecular weight excluding hydrogens is 286 g/mol. The first-order valence-electron chi connectivity index (χ1n) is 7.39. The minimum atomic E-state index is -0.0802. The van der Waals surface area contributed by atoms with Gasteiger partial charge in [-0.15, -0.1) is 0 Å². The number of carbonyl (C=O) groups excluding carboxylic acids is 1. The first-order chi connectivity index (χ1) is 9.90. The molecular formula is C15H23N3O2S. The molecule has 0 aromatic carbocycles. The first kappa shape index (κ1) is 16.1. The smallest absolute Gasteiger partial charge is 0.257 e. The molecule has 5 nitrogen and oxygen atoms in total. The Morgan fingerprint density at radius 3 is 2.86 bits per heavy atom. The highest BCUT2D eigenvalue weighted by molar-refractivity contribution is 7.99. The van der Waals surface area contributed by atoms with Crippen LogP contribution in [0.1, 0.15) is 44.0 Å². The molecule has 0 radical (unpaired) electrons. The molecule has 0 bridgehead atoms. The van der Waals surface area contributed by atoms with Crippen LogP contribution < -0.4 is 10.9 Å². The van der Waals surface area contributed by atoms with Crippen LogP contribution in [-0.2, 0) is 4.79 Å². The molecule has 1 atom stereocenters. The summed E-state index contributed by atoms with van der Waals surface area (Å²) in [5.74, 6) is 1.33. The van der Waals surface area contributed by atoms with Crippen LogP contribution in [0, 0.1) is 19.8 Å². The van der Waals surface area contributed by atoms with Gasteiger partial charge in [0.05, 0.1) is 6.04 Å². The van der Waals surface area contributed by atoms with Crippen LogP contribution in [0.3, 0.4) is 0 Å². The van der Waals surface area contributed by atoms with Crippen molar-refractivity contribution >= 4 is 17.7 Å². The predicted molar refractivity (Wildman–Crippen MR) is 84.8 cm³/mol. The molecule has 2 heterocycles. The average Bonchev–Trinajstić information content (AvgIpc) is 2.78. The molecule has 2 rings (SSSR count). The zero-order chi connectivity index (χ0) is 15.6. The van der Waals surface area contributed by atoms with Crippen molar-refractivity contribution < 1.29 is 4.79 Å². The summed E-state index contributed by atoms with van der Waals surface area (Å²) in [4.78, 5) is 28.8. The van der Waals surface area contributed by atoms with Crippen molar-refractivity contribution in [3.05, 3.63) is 21.6 Å². The molecule has 1 amide bonds. The van der Waals surface area contributed by atoms with Gasteiger partial charge in [-0.1, -0.05) is 25.6 Å². The average molecular weight is 309 g/mol. The van der Waals surface area contributed by atoms with Gasteiger partial charge >= 0.3 is 0 Å². The molecule has 0 saturated carbocycles. The van der Waals surface area contributed by atoms with E-state index in [0.29, 0.717) is 24.4 Å². The van der Waals surface area contributed by atoms with Crippen LogP contribution in [0.2, 0.25) is 0 Å². The molecule has 6 heteroatoms. The van der Waals surface area contributed by atoms with Gasteiger partial charge in [0.1, 0.15) is 0 Å². The molecule has 1 N–H and O–H groups in total. The maximum atomic E-state index is 12.4. The van der Waals surface area contributed by atoms with Crippen LogP contribution in [0.15, 0.2) is 9.95 Å². The third-order valence-corrected chi connectivity index (χ3v) is 4.88. The highest BCUT2D eigenvalue weighted by Gasteiger charge is 2.28. The van der Waals surface area contributed by atoms with Crippen molar-refractivity contribution in [2.75, 3.05) is 12.3 Å². The molecule has 0 fully saturated rings. The van der Waals surface area contributed by atoms with Gasteiger partial charge in [-0.25, -0.2) is 4.98 Å². The van der Waals surface area contributed by atoms with E-state index < -0.39 is 0 Å². The molecule has 0 spiro atoms. The molecule has 0 aliphatic carbocycles. The Morgan fingerprint density at radius 2 is 2.19 bits per heavy atom. The van der Waals surface area contributed by atoms with Crippen LogP contribution >= 0.6 is 11.8 Å². The molecule has 1 aliphatic heterocycles. The van der Waals surface area contributed by atoms with Gasteiger partial charge in [-0.05, 0) is 26.2 Å². The van der Waals surface area contributed by atoms with Crippen molar-refractivity contribution in [1.29, 1.82) is 0 Å².